The minimum Gasteiger partial charge on any atom is -0.490 e. The fraction of sp³-hybridized carbons (Fsp3) is 0.459. The molecule has 2 aromatic carbocycles. The number of alkyl halides is 3. The summed E-state index contributed by atoms with van der Waals surface area (Å²) in [5.74, 6) is 1.94. The highest BCUT2D eigenvalue weighted by Crippen LogP contribution is 2.55. The SMILES string of the molecule is Cc1cc(OC2CCCC2)c2cc(N3CCC4(CC3)CC(=Cc3c(-c5ccccc5C(F)(F)F)noc3C3CC3)C4)ccc2n1. The van der Waals surface area contributed by atoms with E-state index in [1.165, 1.54) is 36.2 Å². The fourth-order valence-electron chi connectivity index (χ4n) is 7.82. The standard InChI is InChI=1S/C37H38F3N3O2/c1-23-18-33(44-27-6-2-3-7-27)29-20-26(12-13-32(29)41-23)43-16-14-36(15-17-43)21-24(22-36)19-30-34(42-45-35(30)25-10-11-25)28-8-4-5-9-31(28)37(38,39)40/h4-5,8-9,12-13,18-20,25,27H,2-3,6-7,10-11,14-17,21-22H2,1H3. The van der Waals surface area contributed by atoms with E-state index in [1.807, 2.05) is 6.92 Å². The number of halogens is 3. The molecule has 4 aliphatic rings. The molecule has 45 heavy (non-hydrogen) atoms. The van der Waals surface area contributed by atoms with Gasteiger partial charge < -0.3 is 14.2 Å². The Kier molecular flexibility index (Phi) is 6.95. The van der Waals surface area contributed by atoms with Crippen molar-refractivity contribution in [2.45, 2.75) is 89.3 Å². The highest BCUT2D eigenvalue weighted by Gasteiger charge is 2.44. The molecule has 1 aliphatic heterocycles. The van der Waals surface area contributed by atoms with Crippen LogP contribution < -0.4 is 9.64 Å². The summed E-state index contributed by atoms with van der Waals surface area (Å²) in [7, 11) is 0. The zero-order chi connectivity index (χ0) is 30.8. The summed E-state index contributed by atoms with van der Waals surface area (Å²) in [6, 6.07) is 14.3. The van der Waals surface area contributed by atoms with Crippen molar-refractivity contribution in [2.24, 2.45) is 5.41 Å². The van der Waals surface area contributed by atoms with Crippen LogP contribution in [0.5, 0.6) is 5.75 Å². The number of pyridine rings is 1. The van der Waals surface area contributed by atoms with Gasteiger partial charge in [0.15, 0.2) is 0 Å². The molecule has 1 saturated heterocycles. The van der Waals surface area contributed by atoms with Gasteiger partial charge in [-0.05, 0) is 107 Å². The predicted octanol–water partition coefficient (Wildman–Crippen LogP) is 9.88. The summed E-state index contributed by atoms with van der Waals surface area (Å²) >= 11 is 0. The van der Waals surface area contributed by atoms with Crippen LogP contribution in [0.1, 0.15) is 92.7 Å². The number of fused-ring (bicyclic) bond motifs is 1. The zero-order valence-electron chi connectivity index (χ0n) is 25.6. The second kappa shape index (κ2) is 10.9. The Hall–Kier alpha value is -3.81. The lowest BCUT2D eigenvalue weighted by atomic mass is 9.60. The molecule has 234 valence electrons. The molecule has 3 saturated carbocycles. The van der Waals surface area contributed by atoms with E-state index in [1.54, 1.807) is 6.07 Å². The number of benzene rings is 2. The van der Waals surface area contributed by atoms with Crippen molar-refractivity contribution in [3.8, 4) is 17.0 Å². The maximum atomic E-state index is 13.9. The van der Waals surface area contributed by atoms with Crippen molar-refractivity contribution >= 4 is 22.7 Å². The molecule has 0 atom stereocenters. The molecule has 4 fully saturated rings. The second-order valence-corrected chi connectivity index (χ2v) is 13.8. The van der Waals surface area contributed by atoms with Crippen molar-refractivity contribution in [3.63, 3.8) is 0 Å². The number of aromatic nitrogens is 2. The minimum atomic E-state index is -4.46. The maximum Gasteiger partial charge on any atom is 0.417 e. The monoisotopic (exact) mass is 613 g/mol. The lowest BCUT2D eigenvalue weighted by molar-refractivity contribution is -0.137. The number of ether oxygens (including phenoxy) is 1. The van der Waals surface area contributed by atoms with Crippen molar-refractivity contribution in [3.05, 3.63) is 76.7 Å². The fourth-order valence-corrected chi connectivity index (χ4v) is 7.82. The normalized spacial score (nSPS) is 20.2. The average molecular weight is 614 g/mol. The summed E-state index contributed by atoms with van der Waals surface area (Å²) in [5, 5.41) is 5.29. The van der Waals surface area contributed by atoms with Gasteiger partial charge in [0.25, 0.3) is 0 Å². The summed E-state index contributed by atoms with van der Waals surface area (Å²) in [6.45, 7) is 3.97. The predicted molar refractivity (Wildman–Crippen MR) is 169 cm³/mol. The van der Waals surface area contributed by atoms with Crippen LogP contribution in [-0.2, 0) is 6.18 Å². The molecule has 0 N–H and O–H groups in total. The van der Waals surface area contributed by atoms with Gasteiger partial charge >= 0.3 is 6.18 Å². The van der Waals surface area contributed by atoms with Crippen LogP contribution in [0.4, 0.5) is 18.9 Å². The van der Waals surface area contributed by atoms with Crippen LogP contribution in [0, 0.1) is 12.3 Å². The number of nitrogens with zero attached hydrogens (tertiary/aromatic N) is 3. The average Bonchev–Trinajstić information content (AvgIpc) is 3.56. The van der Waals surface area contributed by atoms with Gasteiger partial charge in [-0.2, -0.15) is 13.2 Å². The lowest BCUT2D eigenvalue weighted by Crippen LogP contribution is -2.44. The number of hydrogen-bond acceptors (Lipinski definition) is 5. The molecular weight excluding hydrogens is 575 g/mol. The molecule has 4 aromatic rings. The third kappa shape index (κ3) is 5.50. The van der Waals surface area contributed by atoms with Crippen molar-refractivity contribution in [1.29, 1.82) is 0 Å². The largest absolute Gasteiger partial charge is 0.490 e. The quantitative estimate of drug-likeness (QED) is 0.217. The Balaban J connectivity index is 0.993. The van der Waals surface area contributed by atoms with E-state index in [-0.39, 0.29) is 16.9 Å². The number of aryl methyl sites for hydroxylation is 1. The molecule has 3 heterocycles. The second-order valence-electron chi connectivity index (χ2n) is 13.8. The molecular formula is C37H38F3N3O2. The molecule has 0 unspecified atom stereocenters. The number of allylic oxidation sites excluding steroid dienone is 1. The molecule has 2 aromatic heterocycles. The summed E-state index contributed by atoms with van der Waals surface area (Å²) in [4.78, 5) is 7.25. The zero-order valence-corrected chi connectivity index (χ0v) is 25.6. The lowest BCUT2D eigenvalue weighted by Gasteiger charge is -2.50. The van der Waals surface area contributed by atoms with Crippen LogP contribution >= 0.6 is 0 Å². The molecule has 5 nitrogen and oxygen atoms in total. The van der Waals surface area contributed by atoms with Gasteiger partial charge in [-0.15, -0.1) is 0 Å². The summed E-state index contributed by atoms with van der Waals surface area (Å²) in [5.41, 5.74) is 5.16. The molecule has 0 amide bonds. The highest BCUT2D eigenvalue weighted by molar-refractivity contribution is 5.88. The summed E-state index contributed by atoms with van der Waals surface area (Å²) in [6.07, 6.45) is 8.73. The van der Waals surface area contributed by atoms with Crippen LogP contribution in [0.3, 0.4) is 0 Å². The summed E-state index contributed by atoms with van der Waals surface area (Å²) < 4.78 is 53.8. The number of hydrogen-bond donors (Lipinski definition) is 0. The van der Waals surface area contributed by atoms with E-state index in [0.717, 1.165) is 104 Å². The molecule has 3 aliphatic carbocycles. The Morgan fingerprint density at radius 3 is 2.47 bits per heavy atom. The van der Waals surface area contributed by atoms with E-state index < -0.39 is 11.7 Å². The van der Waals surface area contributed by atoms with Gasteiger partial charge in [0.2, 0.25) is 0 Å². The number of rotatable bonds is 6. The smallest absolute Gasteiger partial charge is 0.417 e. The van der Waals surface area contributed by atoms with Crippen molar-refractivity contribution in [1.82, 2.24) is 10.1 Å². The van der Waals surface area contributed by atoms with Gasteiger partial charge in [-0.25, -0.2) is 0 Å². The van der Waals surface area contributed by atoms with E-state index in [0.29, 0.717) is 11.8 Å². The van der Waals surface area contributed by atoms with Gasteiger partial charge in [0, 0.05) is 53.0 Å². The molecule has 1 spiro atoms. The third-order valence-electron chi connectivity index (χ3n) is 10.4. The first kappa shape index (κ1) is 28.6. The van der Waals surface area contributed by atoms with Crippen LogP contribution in [0.25, 0.3) is 28.2 Å². The van der Waals surface area contributed by atoms with Crippen LogP contribution in [0.15, 0.2) is 58.6 Å². The van der Waals surface area contributed by atoms with Gasteiger partial charge in [-0.1, -0.05) is 28.9 Å². The highest BCUT2D eigenvalue weighted by atomic mass is 19.4. The first-order valence-corrected chi connectivity index (χ1v) is 16.4. The van der Waals surface area contributed by atoms with Crippen LogP contribution in [-0.4, -0.2) is 29.3 Å². The van der Waals surface area contributed by atoms with Crippen molar-refractivity contribution in [2.75, 3.05) is 18.0 Å². The first-order valence-electron chi connectivity index (χ1n) is 16.4. The Morgan fingerprint density at radius 1 is 0.978 bits per heavy atom. The van der Waals surface area contributed by atoms with E-state index in [2.05, 4.69) is 40.4 Å². The first-order chi connectivity index (χ1) is 21.7. The van der Waals surface area contributed by atoms with Gasteiger partial charge in [-0.3, -0.25) is 4.98 Å². The van der Waals surface area contributed by atoms with Crippen molar-refractivity contribution < 1.29 is 22.4 Å². The minimum absolute atomic E-state index is 0.0902. The molecule has 8 rings (SSSR count). The van der Waals surface area contributed by atoms with Gasteiger partial charge in [0.05, 0.1) is 17.2 Å². The van der Waals surface area contributed by atoms with E-state index in [9.17, 15) is 13.2 Å². The maximum absolute atomic E-state index is 13.9. The molecule has 0 bridgehead atoms. The molecule has 8 heteroatoms. The Bertz CT molecular complexity index is 1760. The number of piperidine rings is 1. The third-order valence-corrected chi connectivity index (χ3v) is 10.4. The van der Waals surface area contributed by atoms with E-state index in [4.69, 9.17) is 14.2 Å². The Morgan fingerprint density at radius 2 is 1.73 bits per heavy atom. The number of anilines is 1. The topological polar surface area (TPSA) is 51.4 Å². The Labute approximate surface area is 261 Å². The van der Waals surface area contributed by atoms with Crippen LogP contribution in [0.2, 0.25) is 0 Å². The van der Waals surface area contributed by atoms with Gasteiger partial charge in [0.1, 0.15) is 17.2 Å². The van der Waals surface area contributed by atoms with E-state index >= 15 is 0 Å². The molecule has 0 radical (unpaired) electrons.